The number of hydrogen-bond acceptors (Lipinski definition) is 7. The molecule has 8 heteroatoms. The summed E-state index contributed by atoms with van der Waals surface area (Å²) in [4.78, 5) is 12.2. The molecule has 0 aliphatic heterocycles. The number of ether oxygens (including phenoxy) is 1. The van der Waals surface area contributed by atoms with Gasteiger partial charge in [-0.15, -0.1) is 0 Å². The van der Waals surface area contributed by atoms with Crippen LogP contribution in [0.4, 0.5) is 11.9 Å². The van der Waals surface area contributed by atoms with Gasteiger partial charge in [0.25, 0.3) is 0 Å². The van der Waals surface area contributed by atoms with Gasteiger partial charge in [0.2, 0.25) is 11.9 Å². The molecule has 1 rings (SSSR count). The molecule has 0 aliphatic rings. The molecule has 0 saturated carbocycles. The Morgan fingerprint density at radius 2 is 2.00 bits per heavy atom. The molecule has 0 fully saturated rings. The minimum Gasteiger partial charge on any atom is -0.467 e. The molecule has 7 nitrogen and oxygen atoms in total. The molecule has 0 bridgehead atoms. The van der Waals surface area contributed by atoms with Crippen LogP contribution in [-0.4, -0.2) is 51.4 Å². The summed E-state index contributed by atoms with van der Waals surface area (Å²) in [5, 5.41) is 5.86. The van der Waals surface area contributed by atoms with Gasteiger partial charge in [-0.2, -0.15) is 15.0 Å². The zero-order valence-electron chi connectivity index (χ0n) is 10.4. The molecule has 0 aliphatic carbocycles. The average molecular weight is 259 g/mol. The van der Waals surface area contributed by atoms with Crippen molar-refractivity contribution >= 4 is 22.7 Å². The largest absolute Gasteiger partial charge is 0.467 e. The summed E-state index contributed by atoms with van der Waals surface area (Å²) >= 11 is 0. The van der Waals surface area contributed by atoms with E-state index in [1.807, 2.05) is 6.92 Å². The number of anilines is 2. The summed E-state index contributed by atoms with van der Waals surface area (Å²) in [5.41, 5.74) is 0. The monoisotopic (exact) mass is 259 g/mol. The van der Waals surface area contributed by atoms with E-state index in [-0.39, 0.29) is 12.1 Å². The highest BCUT2D eigenvalue weighted by Crippen LogP contribution is 2.11. The van der Waals surface area contributed by atoms with Crippen molar-refractivity contribution in [2.75, 3.05) is 36.8 Å². The molecular formula is C9H17N5O2S. The van der Waals surface area contributed by atoms with E-state index < -0.39 is 10.8 Å². The second kappa shape index (κ2) is 6.33. The predicted octanol–water partition coefficient (Wildman–Crippen LogP) is 0.101. The van der Waals surface area contributed by atoms with Gasteiger partial charge in [-0.3, -0.25) is 4.21 Å². The molecule has 2 unspecified atom stereocenters. The van der Waals surface area contributed by atoms with Gasteiger partial charge in [0.1, 0.15) is 0 Å². The Balaban J connectivity index is 2.79. The molecule has 1 heterocycles. The fourth-order valence-corrected chi connectivity index (χ4v) is 2.03. The number of nitrogens with zero attached hydrogens (tertiary/aromatic N) is 3. The highest BCUT2D eigenvalue weighted by atomic mass is 32.2. The van der Waals surface area contributed by atoms with E-state index in [2.05, 4.69) is 25.6 Å². The first kappa shape index (κ1) is 13.6. The Morgan fingerprint density at radius 3 is 2.53 bits per heavy atom. The van der Waals surface area contributed by atoms with Crippen LogP contribution < -0.4 is 15.4 Å². The molecular weight excluding hydrogens is 242 g/mol. The SMILES string of the molecule is CNc1nc(NC(C)CS(C)=O)nc(OC)n1. The van der Waals surface area contributed by atoms with Gasteiger partial charge in [-0.05, 0) is 6.92 Å². The van der Waals surface area contributed by atoms with Crippen molar-refractivity contribution in [3.8, 4) is 6.01 Å². The van der Waals surface area contributed by atoms with Crippen LogP contribution in [0.1, 0.15) is 6.92 Å². The maximum Gasteiger partial charge on any atom is 0.322 e. The number of methoxy groups -OCH3 is 1. The van der Waals surface area contributed by atoms with E-state index in [0.29, 0.717) is 17.6 Å². The van der Waals surface area contributed by atoms with Gasteiger partial charge in [0, 0.05) is 35.9 Å². The molecule has 0 saturated heterocycles. The Bertz CT molecular complexity index is 379. The van der Waals surface area contributed by atoms with E-state index in [0.717, 1.165) is 0 Å². The minimum atomic E-state index is -0.864. The highest BCUT2D eigenvalue weighted by molar-refractivity contribution is 7.84. The van der Waals surface area contributed by atoms with E-state index >= 15 is 0 Å². The lowest BCUT2D eigenvalue weighted by atomic mass is 10.4. The second-order valence-electron chi connectivity index (χ2n) is 3.50. The third kappa shape index (κ3) is 4.51. The molecule has 0 spiro atoms. The summed E-state index contributed by atoms with van der Waals surface area (Å²) in [6, 6.07) is 0.245. The van der Waals surface area contributed by atoms with Crippen molar-refractivity contribution < 1.29 is 8.95 Å². The molecule has 0 amide bonds. The van der Waals surface area contributed by atoms with Crippen LogP contribution in [0, 0.1) is 0 Å². The first-order chi connectivity index (χ1) is 8.05. The number of nitrogens with one attached hydrogen (secondary N) is 2. The van der Waals surface area contributed by atoms with Crippen molar-refractivity contribution in [2.45, 2.75) is 13.0 Å². The van der Waals surface area contributed by atoms with Crippen molar-refractivity contribution in [2.24, 2.45) is 0 Å². The molecule has 17 heavy (non-hydrogen) atoms. The van der Waals surface area contributed by atoms with Crippen LogP contribution in [0.3, 0.4) is 0 Å². The maximum absolute atomic E-state index is 11.1. The Morgan fingerprint density at radius 1 is 1.35 bits per heavy atom. The first-order valence-electron chi connectivity index (χ1n) is 5.09. The van der Waals surface area contributed by atoms with E-state index in [9.17, 15) is 4.21 Å². The molecule has 0 aromatic carbocycles. The number of hydrogen-bond donors (Lipinski definition) is 2. The summed E-state index contributed by atoms with van der Waals surface area (Å²) in [6.45, 7) is 1.91. The first-order valence-corrected chi connectivity index (χ1v) is 6.82. The van der Waals surface area contributed by atoms with Gasteiger partial charge in [-0.25, -0.2) is 0 Å². The van der Waals surface area contributed by atoms with Gasteiger partial charge in [0.05, 0.1) is 7.11 Å². The molecule has 1 aromatic rings. The number of rotatable bonds is 6. The topological polar surface area (TPSA) is 89.0 Å². The Labute approximate surface area is 103 Å². The van der Waals surface area contributed by atoms with Gasteiger partial charge < -0.3 is 15.4 Å². The molecule has 2 atom stereocenters. The van der Waals surface area contributed by atoms with Crippen LogP contribution in [0.25, 0.3) is 0 Å². The zero-order chi connectivity index (χ0) is 12.8. The van der Waals surface area contributed by atoms with Crippen molar-refractivity contribution in [1.29, 1.82) is 0 Å². The highest BCUT2D eigenvalue weighted by Gasteiger charge is 2.09. The van der Waals surface area contributed by atoms with Crippen LogP contribution in [0.2, 0.25) is 0 Å². The minimum absolute atomic E-state index is 0.0117. The summed E-state index contributed by atoms with van der Waals surface area (Å²) < 4.78 is 16.0. The lowest BCUT2D eigenvalue weighted by Gasteiger charge is -2.13. The zero-order valence-corrected chi connectivity index (χ0v) is 11.2. The lowest BCUT2D eigenvalue weighted by Crippen LogP contribution is -2.24. The average Bonchev–Trinajstić information content (AvgIpc) is 2.27. The molecule has 0 radical (unpaired) electrons. The normalized spacial score (nSPS) is 13.9. The van der Waals surface area contributed by atoms with Gasteiger partial charge in [-0.1, -0.05) is 0 Å². The fraction of sp³-hybridized carbons (Fsp3) is 0.667. The van der Waals surface area contributed by atoms with Crippen LogP contribution in [-0.2, 0) is 10.8 Å². The van der Waals surface area contributed by atoms with Gasteiger partial charge in [0.15, 0.2) is 0 Å². The third-order valence-corrected chi connectivity index (χ3v) is 2.85. The summed E-state index contributed by atoms with van der Waals surface area (Å²) in [7, 11) is 2.34. The second-order valence-corrected chi connectivity index (χ2v) is 4.98. The quantitative estimate of drug-likeness (QED) is 0.749. The van der Waals surface area contributed by atoms with Crippen LogP contribution in [0.15, 0.2) is 0 Å². The maximum atomic E-state index is 11.1. The smallest absolute Gasteiger partial charge is 0.322 e. The van der Waals surface area contributed by atoms with Crippen LogP contribution >= 0.6 is 0 Å². The van der Waals surface area contributed by atoms with Crippen LogP contribution in [0.5, 0.6) is 6.01 Å². The fourth-order valence-electron chi connectivity index (χ4n) is 1.24. The standard InChI is InChI=1S/C9H17N5O2S/c1-6(5-17(4)15)11-8-12-7(10-2)13-9(14-8)16-3/h6H,5H2,1-4H3,(H2,10,11,12,13,14). The molecule has 1 aromatic heterocycles. The van der Waals surface area contributed by atoms with E-state index in [1.165, 1.54) is 7.11 Å². The summed E-state index contributed by atoms with van der Waals surface area (Å²) in [5.74, 6) is 1.35. The van der Waals surface area contributed by atoms with Crippen molar-refractivity contribution in [3.63, 3.8) is 0 Å². The molecule has 2 N–H and O–H groups in total. The Kier molecular flexibility index (Phi) is 5.08. The number of aromatic nitrogens is 3. The van der Waals surface area contributed by atoms with Gasteiger partial charge >= 0.3 is 6.01 Å². The van der Waals surface area contributed by atoms with Crippen molar-refractivity contribution in [1.82, 2.24) is 15.0 Å². The van der Waals surface area contributed by atoms with E-state index in [1.54, 1.807) is 13.3 Å². The summed E-state index contributed by atoms with van der Waals surface area (Å²) in [6.07, 6.45) is 1.66. The Hall–Kier alpha value is -1.44. The molecule has 96 valence electrons. The predicted molar refractivity (Wildman–Crippen MR) is 67.9 cm³/mol. The third-order valence-electron chi connectivity index (χ3n) is 1.88. The lowest BCUT2D eigenvalue weighted by molar-refractivity contribution is 0.379. The van der Waals surface area contributed by atoms with Crippen molar-refractivity contribution in [3.05, 3.63) is 0 Å². The van der Waals surface area contributed by atoms with E-state index in [4.69, 9.17) is 4.74 Å².